The number of hydrogen-bond acceptors (Lipinski definition) is 5. The maximum atomic E-state index is 12.6. The van der Waals surface area contributed by atoms with Crippen LogP contribution < -0.4 is 10.1 Å². The molecule has 0 saturated heterocycles. The van der Waals surface area contributed by atoms with Gasteiger partial charge in [0.1, 0.15) is 5.75 Å². The number of thioether (sulfide) groups is 1. The lowest BCUT2D eigenvalue weighted by Gasteiger charge is -2.13. The Morgan fingerprint density at radius 3 is 2.56 bits per heavy atom. The molecule has 0 bridgehead atoms. The summed E-state index contributed by atoms with van der Waals surface area (Å²) in [6.45, 7) is 5.83. The van der Waals surface area contributed by atoms with Gasteiger partial charge in [0.25, 0.3) is 0 Å². The van der Waals surface area contributed by atoms with Crippen LogP contribution in [0.25, 0.3) is 11.4 Å². The SMILES string of the molecule is COc1ccc(C)cc1NC(=O)[C@@H](C)Sc1n[nH]c(-c2ccc(C)cc2)n1. The summed E-state index contributed by atoms with van der Waals surface area (Å²) in [5, 5.41) is 10.2. The predicted octanol–water partition coefficient (Wildman–Crippen LogP) is 4.22. The molecular formula is C20H22N4O2S. The third kappa shape index (κ3) is 4.68. The molecule has 1 heterocycles. The lowest BCUT2D eigenvalue weighted by Crippen LogP contribution is -2.22. The first-order chi connectivity index (χ1) is 13.0. The number of aromatic nitrogens is 3. The van der Waals surface area contributed by atoms with Crippen molar-refractivity contribution in [1.82, 2.24) is 15.2 Å². The van der Waals surface area contributed by atoms with Crippen LogP contribution in [0.15, 0.2) is 47.6 Å². The van der Waals surface area contributed by atoms with Crippen LogP contribution in [0.5, 0.6) is 5.75 Å². The highest BCUT2D eigenvalue weighted by Gasteiger charge is 2.19. The summed E-state index contributed by atoms with van der Waals surface area (Å²) in [7, 11) is 1.58. The van der Waals surface area contributed by atoms with Gasteiger partial charge in [-0.3, -0.25) is 9.89 Å². The summed E-state index contributed by atoms with van der Waals surface area (Å²) in [5.74, 6) is 1.18. The number of amides is 1. The third-order valence-corrected chi connectivity index (χ3v) is 5.02. The molecule has 1 aromatic heterocycles. The minimum Gasteiger partial charge on any atom is -0.495 e. The Bertz CT molecular complexity index is 937. The molecule has 0 unspecified atom stereocenters. The molecule has 2 N–H and O–H groups in total. The molecule has 7 heteroatoms. The van der Waals surface area contributed by atoms with Crippen molar-refractivity contribution in [2.45, 2.75) is 31.2 Å². The molecule has 2 aromatic carbocycles. The second-order valence-electron chi connectivity index (χ2n) is 6.29. The lowest BCUT2D eigenvalue weighted by atomic mass is 10.1. The van der Waals surface area contributed by atoms with E-state index in [9.17, 15) is 4.79 Å². The van der Waals surface area contributed by atoms with Gasteiger partial charge in [-0.2, -0.15) is 0 Å². The van der Waals surface area contributed by atoms with Crippen LogP contribution in [0.4, 0.5) is 5.69 Å². The summed E-state index contributed by atoms with van der Waals surface area (Å²) >= 11 is 1.30. The van der Waals surface area contributed by atoms with Crippen molar-refractivity contribution in [3.63, 3.8) is 0 Å². The molecule has 0 fully saturated rings. The highest BCUT2D eigenvalue weighted by molar-refractivity contribution is 8.00. The van der Waals surface area contributed by atoms with Gasteiger partial charge < -0.3 is 10.1 Å². The first-order valence-electron chi connectivity index (χ1n) is 8.58. The van der Waals surface area contributed by atoms with Crippen LogP contribution in [-0.2, 0) is 4.79 Å². The summed E-state index contributed by atoms with van der Waals surface area (Å²) in [6, 6.07) is 13.7. The van der Waals surface area contributed by atoms with Gasteiger partial charge in [0.15, 0.2) is 5.82 Å². The number of benzene rings is 2. The average molecular weight is 382 g/mol. The Balaban J connectivity index is 1.67. The van der Waals surface area contributed by atoms with Crippen molar-refractivity contribution >= 4 is 23.4 Å². The van der Waals surface area contributed by atoms with E-state index in [1.54, 1.807) is 7.11 Å². The molecule has 0 spiro atoms. The quantitative estimate of drug-likeness (QED) is 0.624. The third-order valence-electron chi connectivity index (χ3n) is 4.05. The molecule has 0 aliphatic rings. The zero-order chi connectivity index (χ0) is 19.4. The number of nitrogens with one attached hydrogen (secondary N) is 2. The molecule has 3 rings (SSSR count). The molecule has 3 aromatic rings. The minimum atomic E-state index is -0.364. The molecular weight excluding hydrogens is 360 g/mol. The van der Waals surface area contributed by atoms with Crippen LogP contribution in [0, 0.1) is 13.8 Å². The Morgan fingerprint density at radius 1 is 1.15 bits per heavy atom. The molecule has 1 amide bonds. The molecule has 1 atom stereocenters. The van der Waals surface area contributed by atoms with E-state index >= 15 is 0 Å². The van der Waals surface area contributed by atoms with Gasteiger partial charge in [0, 0.05) is 5.56 Å². The number of H-pyrrole nitrogens is 1. The van der Waals surface area contributed by atoms with Crippen molar-refractivity contribution in [2.24, 2.45) is 0 Å². The van der Waals surface area contributed by atoms with Crippen LogP contribution >= 0.6 is 11.8 Å². The Morgan fingerprint density at radius 2 is 1.85 bits per heavy atom. The monoisotopic (exact) mass is 382 g/mol. The Kier molecular flexibility index (Phi) is 5.81. The van der Waals surface area contributed by atoms with Gasteiger partial charge in [0.2, 0.25) is 11.1 Å². The van der Waals surface area contributed by atoms with E-state index < -0.39 is 0 Å². The molecule has 0 aliphatic heterocycles. The molecule has 6 nitrogen and oxygen atoms in total. The van der Waals surface area contributed by atoms with Gasteiger partial charge in [0.05, 0.1) is 18.0 Å². The van der Waals surface area contributed by atoms with E-state index in [2.05, 4.69) is 20.5 Å². The van der Waals surface area contributed by atoms with Crippen LogP contribution in [0.3, 0.4) is 0 Å². The normalized spacial score (nSPS) is 11.9. The van der Waals surface area contributed by atoms with Gasteiger partial charge in [-0.1, -0.05) is 47.7 Å². The van der Waals surface area contributed by atoms with Crippen molar-refractivity contribution in [1.29, 1.82) is 0 Å². The summed E-state index contributed by atoms with van der Waals surface area (Å²) in [4.78, 5) is 17.0. The zero-order valence-corrected chi connectivity index (χ0v) is 16.6. The second kappa shape index (κ2) is 8.26. The van der Waals surface area contributed by atoms with E-state index in [0.717, 1.165) is 11.1 Å². The van der Waals surface area contributed by atoms with E-state index in [0.29, 0.717) is 22.4 Å². The summed E-state index contributed by atoms with van der Waals surface area (Å²) in [5.41, 5.74) is 3.85. The predicted molar refractivity (Wildman–Crippen MR) is 108 cm³/mol. The Hall–Kier alpha value is -2.80. The number of methoxy groups -OCH3 is 1. The van der Waals surface area contributed by atoms with Gasteiger partial charge in [-0.15, -0.1) is 5.10 Å². The summed E-state index contributed by atoms with van der Waals surface area (Å²) in [6.07, 6.45) is 0. The Labute approximate surface area is 162 Å². The van der Waals surface area contributed by atoms with Crippen molar-refractivity contribution in [3.05, 3.63) is 53.6 Å². The standard InChI is InChI=1S/C20H22N4O2S/c1-12-5-8-15(9-6-12)18-22-20(24-23-18)27-14(3)19(25)21-16-11-13(2)7-10-17(16)26-4/h5-11,14H,1-4H3,(H,21,25)(H,22,23,24)/t14-/m1/s1. The largest absolute Gasteiger partial charge is 0.495 e. The fraction of sp³-hybridized carbons (Fsp3) is 0.250. The van der Waals surface area contributed by atoms with Crippen molar-refractivity contribution < 1.29 is 9.53 Å². The number of carbonyl (C=O) groups excluding carboxylic acids is 1. The fourth-order valence-corrected chi connectivity index (χ4v) is 3.23. The van der Waals surface area contributed by atoms with E-state index in [-0.39, 0.29) is 11.2 Å². The number of ether oxygens (including phenoxy) is 1. The maximum absolute atomic E-state index is 12.6. The molecule has 0 aliphatic carbocycles. The topological polar surface area (TPSA) is 79.9 Å². The second-order valence-corrected chi connectivity index (χ2v) is 7.59. The number of aryl methyl sites for hydroxylation is 2. The van der Waals surface area contributed by atoms with Crippen LogP contribution in [-0.4, -0.2) is 33.4 Å². The van der Waals surface area contributed by atoms with E-state index in [1.165, 1.54) is 17.3 Å². The van der Waals surface area contributed by atoms with E-state index in [1.807, 2.05) is 63.2 Å². The van der Waals surface area contributed by atoms with Crippen LogP contribution in [0.2, 0.25) is 0 Å². The number of aromatic amines is 1. The minimum absolute atomic E-state index is 0.134. The van der Waals surface area contributed by atoms with Gasteiger partial charge in [-0.05, 0) is 38.5 Å². The van der Waals surface area contributed by atoms with Crippen molar-refractivity contribution in [2.75, 3.05) is 12.4 Å². The van der Waals surface area contributed by atoms with Crippen molar-refractivity contribution in [3.8, 4) is 17.1 Å². The zero-order valence-electron chi connectivity index (χ0n) is 15.7. The highest BCUT2D eigenvalue weighted by Crippen LogP contribution is 2.28. The van der Waals surface area contributed by atoms with Gasteiger partial charge >= 0.3 is 0 Å². The number of hydrogen-bond donors (Lipinski definition) is 2. The molecule has 27 heavy (non-hydrogen) atoms. The molecule has 140 valence electrons. The summed E-state index contributed by atoms with van der Waals surface area (Å²) < 4.78 is 5.31. The molecule has 0 saturated carbocycles. The number of nitrogens with zero attached hydrogens (tertiary/aromatic N) is 2. The number of anilines is 1. The maximum Gasteiger partial charge on any atom is 0.237 e. The first-order valence-corrected chi connectivity index (χ1v) is 9.46. The lowest BCUT2D eigenvalue weighted by molar-refractivity contribution is -0.115. The molecule has 0 radical (unpaired) electrons. The average Bonchev–Trinajstić information content (AvgIpc) is 3.11. The highest BCUT2D eigenvalue weighted by atomic mass is 32.2. The number of carbonyl (C=O) groups is 1. The van der Waals surface area contributed by atoms with E-state index in [4.69, 9.17) is 4.74 Å². The number of rotatable bonds is 6. The smallest absolute Gasteiger partial charge is 0.237 e. The van der Waals surface area contributed by atoms with Crippen LogP contribution in [0.1, 0.15) is 18.1 Å². The van der Waals surface area contributed by atoms with Gasteiger partial charge in [-0.25, -0.2) is 4.98 Å². The fourth-order valence-electron chi connectivity index (χ4n) is 2.51. The first kappa shape index (κ1) is 19.0.